The second-order valence-corrected chi connectivity index (χ2v) is 9.32. The molecule has 1 aromatic rings. The minimum atomic E-state index is -0.385. The van der Waals surface area contributed by atoms with E-state index in [1.165, 1.54) is 0 Å². The molecule has 36 heavy (non-hydrogen) atoms. The first kappa shape index (κ1) is 32.0. The summed E-state index contributed by atoms with van der Waals surface area (Å²) in [6, 6.07) is 7.83. The average molecular weight is 535 g/mol. The minimum Gasteiger partial charge on any atom is -0.489 e. The van der Waals surface area contributed by atoms with Crippen molar-refractivity contribution >= 4 is 43.0 Å². The molecular formula is C28H42N2O4S2. The highest BCUT2D eigenvalue weighted by molar-refractivity contribution is 7.80. The molecule has 0 heterocycles. The van der Waals surface area contributed by atoms with Gasteiger partial charge in [-0.2, -0.15) is 25.3 Å². The quantitative estimate of drug-likeness (QED) is 0.0664. The van der Waals surface area contributed by atoms with Crippen molar-refractivity contribution in [1.29, 1.82) is 0 Å². The Morgan fingerprint density at radius 2 is 2.03 bits per heavy atom. The smallest absolute Gasteiger partial charge is 0.306 e. The van der Waals surface area contributed by atoms with E-state index in [1.54, 1.807) is 13.0 Å². The topological polar surface area (TPSA) is 80.1 Å². The molecule has 0 bridgehead atoms. The zero-order valence-corrected chi connectivity index (χ0v) is 23.3. The number of thiol groups is 2. The number of hydrogen-bond acceptors (Lipinski definition) is 8. The van der Waals surface area contributed by atoms with Gasteiger partial charge in [0.2, 0.25) is 0 Å². The van der Waals surface area contributed by atoms with Gasteiger partial charge in [-0.15, -0.1) is 0 Å². The van der Waals surface area contributed by atoms with Crippen molar-refractivity contribution in [2.24, 2.45) is 4.99 Å². The SMILES string of the molecule is C=CC=CC(C=Cc1cccc(OC(C)CNCC(C)O)c1)=NCCCC(=O)OC(CS)CCCS. The van der Waals surface area contributed by atoms with Gasteiger partial charge in [-0.3, -0.25) is 9.79 Å². The molecule has 2 N–H and O–H groups in total. The number of rotatable bonds is 19. The summed E-state index contributed by atoms with van der Waals surface area (Å²) in [5, 5.41) is 12.5. The molecule has 0 fully saturated rings. The van der Waals surface area contributed by atoms with Crippen LogP contribution in [0, 0.1) is 0 Å². The zero-order chi connectivity index (χ0) is 26.6. The van der Waals surface area contributed by atoms with E-state index in [9.17, 15) is 9.90 Å². The minimum absolute atomic E-state index is 0.0339. The van der Waals surface area contributed by atoms with Gasteiger partial charge in [-0.05, 0) is 68.7 Å². The summed E-state index contributed by atoms with van der Waals surface area (Å²) in [5.74, 6) is 1.85. The van der Waals surface area contributed by atoms with Crippen LogP contribution in [-0.2, 0) is 9.53 Å². The van der Waals surface area contributed by atoms with Crippen LogP contribution >= 0.6 is 25.3 Å². The van der Waals surface area contributed by atoms with Crippen LogP contribution in [0.3, 0.4) is 0 Å². The van der Waals surface area contributed by atoms with Crippen LogP contribution in [0.15, 0.2) is 60.1 Å². The van der Waals surface area contributed by atoms with Gasteiger partial charge in [0.1, 0.15) is 18.0 Å². The van der Waals surface area contributed by atoms with Crippen molar-refractivity contribution in [2.75, 3.05) is 31.1 Å². The lowest BCUT2D eigenvalue weighted by Crippen LogP contribution is -2.33. The number of benzene rings is 1. The third-order valence-electron chi connectivity index (χ3n) is 4.94. The van der Waals surface area contributed by atoms with Crippen LogP contribution < -0.4 is 10.1 Å². The molecule has 0 aliphatic carbocycles. The maximum atomic E-state index is 12.1. The molecular weight excluding hydrogens is 492 g/mol. The second kappa shape index (κ2) is 20.1. The maximum Gasteiger partial charge on any atom is 0.306 e. The van der Waals surface area contributed by atoms with Crippen LogP contribution in [0.5, 0.6) is 5.75 Å². The maximum absolute atomic E-state index is 12.1. The molecule has 1 aromatic carbocycles. The number of carbonyl (C=O) groups excluding carboxylic acids is 1. The number of ether oxygens (including phenoxy) is 2. The van der Waals surface area contributed by atoms with Crippen LogP contribution in [-0.4, -0.2) is 66.2 Å². The van der Waals surface area contributed by atoms with Crippen LogP contribution in [0.4, 0.5) is 0 Å². The number of allylic oxidation sites excluding steroid dienone is 4. The molecule has 0 aliphatic heterocycles. The predicted octanol–water partition coefficient (Wildman–Crippen LogP) is 4.95. The molecule has 6 nitrogen and oxygen atoms in total. The number of nitrogens with zero attached hydrogens (tertiary/aromatic N) is 1. The summed E-state index contributed by atoms with van der Waals surface area (Å²) < 4.78 is 11.5. The van der Waals surface area contributed by atoms with Crippen molar-refractivity contribution in [1.82, 2.24) is 5.32 Å². The predicted molar refractivity (Wildman–Crippen MR) is 158 cm³/mol. The van der Waals surface area contributed by atoms with Crippen molar-refractivity contribution in [3.63, 3.8) is 0 Å². The molecule has 3 atom stereocenters. The Morgan fingerprint density at radius 3 is 2.72 bits per heavy atom. The van der Waals surface area contributed by atoms with E-state index < -0.39 is 0 Å². The Morgan fingerprint density at radius 1 is 1.22 bits per heavy atom. The van der Waals surface area contributed by atoms with Crippen molar-refractivity contribution in [3.8, 4) is 5.75 Å². The lowest BCUT2D eigenvalue weighted by Gasteiger charge is -2.16. The first-order valence-electron chi connectivity index (χ1n) is 12.5. The molecule has 0 aromatic heterocycles. The summed E-state index contributed by atoms with van der Waals surface area (Å²) in [6.45, 7) is 9.15. The van der Waals surface area contributed by atoms with Gasteiger partial charge in [-0.1, -0.05) is 36.9 Å². The highest BCUT2D eigenvalue weighted by atomic mass is 32.1. The average Bonchev–Trinajstić information content (AvgIpc) is 2.85. The second-order valence-electron chi connectivity index (χ2n) is 8.51. The molecule has 0 radical (unpaired) electrons. The largest absolute Gasteiger partial charge is 0.489 e. The number of hydrogen-bond donors (Lipinski definition) is 4. The fourth-order valence-corrected chi connectivity index (χ4v) is 3.59. The Balaban J connectivity index is 2.64. The molecule has 0 spiro atoms. The van der Waals surface area contributed by atoms with E-state index in [2.05, 4.69) is 42.1 Å². The number of aliphatic imine (C=N–C) groups is 1. The number of carbonyl (C=O) groups is 1. The van der Waals surface area contributed by atoms with Crippen LogP contribution in [0.1, 0.15) is 45.1 Å². The van der Waals surface area contributed by atoms with Crippen molar-refractivity contribution in [2.45, 2.75) is 57.8 Å². The summed E-state index contributed by atoms with van der Waals surface area (Å²) in [7, 11) is 0. The molecule has 3 unspecified atom stereocenters. The van der Waals surface area contributed by atoms with Gasteiger partial charge >= 0.3 is 5.97 Å². The highest BCUT2D eigenvalue weighted by Crippen LogP contribution is 2.16. The van der Waals surface area contributed by atoms with Gasteiger partial charge in [0, 0.05) is 31.8 Å². The van der Waals surface area contributed by atoms with E-state index in [0.717, 1.165) is 35.6 Å². The molecule has 0 amide bonds. The van der Waals surface area contributed by atoms with Crippen LogP contribution in [0.25, 0.3) is 6.08 Å². The van der Waals surface area contributed by atoms with Gasteiger partial charge in [0.25, 0.3) is 0 Å². The first-order valence-corrected chi connectivity index (χ1v) is 13.7. The van der Waals surface area contributed by atoms with Crippen LogP contribution in [0.2, 0.25) is 0 Å². The third-order valence-corrected chi connectivity index (χ3v) is 5.66. The fourth-order valence-electron chi connectivity index (χ4n) is 3.15. The standard InChI is InChI=1S/C28H42N2O4S2/c1-4-5-10-25(30-16-7-13-28(32)34-27(21-36)12-8-17-35)15-14-24-9-6-11-26(18-24)33-23(3)20-29-19-22(2)31/h4-6,9-11,14-15,18,22-23,27,29,31,35-36H,1,7-8,12-13,16-17,19-21H2,2-3H3. The Bertz CT molecular complexity index is 856. The molecule has 0 saturated carbocycles. The molecule has 1 rings (SSSR count). The van der Waals surface area contributed by atoms with Crippen molar-refractivity contribution < 1.29 is 19.4 Å². The first-order chi connectivity index (χ1) is 17.4. The van der Waals surface area contributed by atoms with E-state index in [0.29, 0.717) is 38.2 Å². The zero-order valence-electron chi connectivity index (χ0n) is 21.5. The van der Waals surface area contributed by atoms with E-state index in [1.807, 2.05) is 55.5 Å². The van der Waals surface area contributed by atoms with Gasteiger partial charge < -0.3 is 19.9 Å². The van der Waals surface area contributed by atoms with Gasteiger partial charge in [0.15, 0.2) is 0 Å². The molecule has 0 aliphatic rings. The summed E-state index contributed by atoms with van der Waals surface area (Å²) >= 11 is 8.46. The summed E-state index contributed by atoms with van der Waals surface area (Å²) in [4.78, 5) is 16.7. The van der Waals surface area contributed by atoms with E-state index in [4.69, 9.17) is 9.47 Å². The van der Waals surface area contributed by atoms with Gasteiger partial charge in [-0.25, -0.2) is 0 Å². The van der Waals surface area contributed by atoms with E-state index in [-0.39, 0.29) is 24.3 Å². The molecule has 0 saturated heterocycles. The normalized spacial score (nSPS) is 14.6. The number of esters is 1. The number of aliphatic hydroxyl groups is 1. The number of nitrogens with one attached hydrogen (secondary N) is 1. The summed E-state index contributed by atoms with van der Waals surface area (Å²) in [6.07, 6.45) is 11.3. The molecule has 200 valence electrons. The Hall–Kier alpha value is -2.00. The Labute approximate surface area is 227 Å². The number of aliphatic hydroxyl groups excluding tert-OH is 1. The van der Waals surface area contributed by atoms with Gasteiger partial charge in [0.05, 0.1) is 11.8 Å². The van der Waals surface area contributed by atoms with E-state index >= 15 is 0 Å². The lowest BCUT2D eigenvalue weighted by molar-refractivity contribution is -0.148. The molecule has 8 heteroatoms. The lowest BCUT2D eigenvalue weighted by atomic mass is 10.1. The summed E-state index contributed by atoms with van der Waals surface area (Å²) in [5.41, 5.74) is 1.77. The highest BCUT2D eigenvalue weighted by Gasteiger charge is 2.12. The monoisotopic (exact) mass is 534 g/mol. The fraction of sp³-hybridized carbons (Fsp3) is 0.500. The van der Waals surface area contributed by atoms with Crippen molar-refractivity contribution in [3.05, 3.63) is 60.7 Å². The third kappa shape index (κ3) is 15.9. The Kier molecular flexibility index (Phi) is 17.9.